The number of carbonyl (C=O) groups is 1. The number of anilines is 1. The summed E-state index contributed by atoms with van der Waals surface area (Å²) in [6.07, 6.45) is 6.25. The average molecular weight is 460 g/mol. The minimum atomic E-state index is -0.348. The highest BCUT2D eigenvalue weighted by Crippen LogP contribution is 2.33. The lowest BCUT2D eigenvalue weighted by atomic mass is 10.0. The Kier molecular flexibility index (Phi) is 7.77. The minimum absolute atomic E-state index is 0.115. The van der Waals surface area contributed by atoms with Gasteiger partial charge in [0.25, 0.3) is 5.91 Å². The summed E-state index contributed by atoms with van der Waals surface area (Å²) in [4.78, 5) is 16.7. The van der Waals surface area contributed by atoms with Crippen molar-refractivity contribution >= 4 is 39.8 Å². The molecule has 2 heterocycles. The Morgan fingerprint density at radius 2 is 1.91 bits per heavy atom. The Hall–Kier alpha value is -3.14. The number of carbonyl (C=O) groups excluding carboxylic acids is 1. The highest BCUT2D eigenvalue weighted by Gasteiger charge is 2.12. The average Bonchev–Trinajstić information content (AvgIpc) is 3.33. The highest BCUT2D eigenvalue weighted by atomic mass is 32.1. The van der Waals surface area contributed by atoms with Gasteiger partial charge < -0.3 is 15.0 Å². The number of piperidine rings is 1. The van der Waals surface area contributed by atoms with E-state index in [0.29, 0.717) is 19.6 Å². The first-order valence-corrected chi connectivity index (χ1v) is 12.3. The fraction of sp³-hybridized carbons (Fsp3) is 0.333. The third kappa shape index (κ3) is 5.81. The molecule has 1 fully saturated rings. The topological polar surface area (TPSA) is 65.4 Å². The molecular weight excluding hydrogens is 430 g/mol. The number of ether oxygens (including phenoxy) is 1. The van der Waals surface area contributed by atoms with E-state index in [1.54, 1.807) is 24.5 Å². The van der Waals surface area contributed by atoms with E-state index < -0.39 is 0 Å². The van der Waals surface area contributed by atoms with E-state index in [0.717, 1.165) is 28.4 Å². The Morgan fingerprint density at radius 1 is 1.12 bits per heavy atom. The summed E-state index contributed by atoms with van der Waals surface area (Å²) in [6.45, 7) is 3.35. The van der Waals surface area contributed by atoms with Crippen molar-refractivity contribution < 1.29 is 9.53 Å². The molecule has 1 aliphatic heterocycles. The maximum absolute atomic E-state index is 12.3. The molecule has 33 heavy (non-hydrogen) atoms. The first-order chi connectivity index (χ1) is 16.2. The largest absolute Gasteiger partial charge is 0.385 e. The normalized spacial score (nSPS) is 14.3. The molecule has 1 N–H and O–H groups in total. The summed E-state index contributed by atoms with van der Waals surface area (Å²) >= 11 is 1.58. The molecule has 1 aliphatic rings. The monoisotopic (exact) mass is 459 g/mol. The molecule has 5 nitrogen and oxygen atoms in total. The van der Waals surface area contributed by atoms with Gasteiger partial charge in [-0.3, -0.25) is 4.79 Å². The molecule has 0 atom stereocenters. The molecule has 1 saturated heterocycles. The second-order valence-corrected chi connectivity index (χ2v) is 9.38. The van der Waals surface area contributed by atoms with E-state index >= 15 is 0 Å². The number of amides is 1. The minimum Gasteiger partial charge on any atom is -0.385 e. The fourth-order valence-corrected chi connectivity index (χ4v) is 5.07. The molecule has 4 rings (SSSR count). The molecule has 0 saturated carbocycles. The first-order valence-electron chi connectivity index (χ1n) is 11.5. The van der Waals surface area contributed by atoms with Gasteiger partial charge in [-0.25, -0.2) is 0 Å². The van der Waals surface area contributed by atoms with Crippen LogP contribution in [-0.4, -0.2) is 39.3 Å². The van der Waals surface area contributed by atoms with Gasteiger partial charge in [0.2, 0.25) is 0 Å². The second kappa shape index (κ2) is 11.1. The van der Waals surface area contributed by atoms with Crippen molar-refractivity contribution in [2.75, 3.05) is 38.3 Å². The molecule has 0 bridgehead atoms. The van der Waals surface area contributed by atoms with Crippen LogP contribution >= 0.6 is 11.3 Å². The van der Waals surface area contributed by atoms with Crippen molar-refractivity contribution in [2.45, 2.75) is 25.7 Å². The van der Waals surface area contributed by atoms with Crippen molar-refractivity contribution in [1.82, 2.24) is 5.32 Å². The third-order valence-corrected chi connectivity index (χ3v) is 7.00. The van der Waals surface area contributed by atoms with Gasteiger partial charge in [0.1, 0.15) is 11.6 Å². The lowest BCUT2D eigenvalue weighted by Gasteiger charge is -2.29. The van der Waals surface area contributed by atoms with Crippen LogP contribution in [0.25, 0.3) is 27.3 Å². The van der Waals surface area contributed by atoms with Crippen molar-refractivity contribution in [1.29, 1.82) is 5.26 Å². The molecule has 0 aliphatic carbocycles. The van der Waals surface area contributed by atoms with E-state index in [1.807, 2.05) is 18.2 Å². The number of fused-ring (bicyclic) bond motifs is 1. The molecule has 0 unspecified atom stereocenters. The van der Waals surface area contributed by atoms with Crippen molar-refractivity contribution in [3.8, 4) is 16.5 Å². The van der Waals surface area contributed by atoms with E-state index in [2.05, 4.69) is 46.6 Å². The van der Waals surface area contributed by atoms with Crippen LogP contribution in [0.1, 0.15) is 30.6 Å². The van der Waals surface area contributed by atoms with Gasteiger partial charge in [-0.15, -0.1) is 11.3 Å². The van der Waals surface area contributed by atoms with Gasteiger partial charge in [0.05, 0.1) is 0 Å². The van der Waals surface area contributed by atoms with Gasteiger partial charge in [0, 0.05) is 48.8 Å². The molecule has 2 aromatic carbocycles. The summed E-state index contributed by atoms with van der Waals surface area (Å²) in [5.41, 5.74) is 2.56. The van der Waals surface area contributed by atoms with Crippen LogP contribution < -0.4 is 10.2 Å². The lowest BCUT2D eigenvalue weighted by molar-refractivity contribution is -0.117. The van der Waals surface area contributed by atoms with Crippen LogP contribution in [0, 0.1) is 11.3 Å². The number of rotatable bonds is 8. The van der Waals surface area contributed by atoms with Crippen LogP contribution in [0.5, 0.6) is 0 Å². The first kappa shape index (κ1) is 23.0. The zero-order valence-corrected chi connectivity index (χ0v) is 19.8. The summed E-state index contributed by atoms with van der Waals surface area (Å²) in [5.74, 6) is -0.348. The zero-order chi connectivity index (χ0) is 23.0. The van der Waals surface area contributed by atoms with Gasteiger partial charge in [-0.05, 0) is 78.4 Å². The Balaban J connectivity index is 1.49. The molecule has 0 radical (unpaired) electrons. The summed E-state index contributed by atoms with van der Waals surface area (Å²) in [5, 5.41) is 14.6. The summed E-state index contributed by atoms with van der Waals surface area (Å²) in [7, 11) is 1.62. The predicted octanol–water partition coefficient (Wildman–Crippen LogP) is 5.62. The maximum atomic E-state index is 12.3. The zero-order valence-electron chi connectivity index (χ0n) is 19.0. The van der Waals surface area contributed by atoms with Crippen molar-refractivity contribution in [2.24, 2.45) is 0 Å². The van der Waals surface area contributed by atoms with E-state index in [9.17, 15) is 10.1 Å². The smallest absolute Gasteiger partial charge is 0.261 e. The fourth-order valence-electron chi connectivity index (χ4n) is 4.13. The number of hydrogen-bond acceptors (Lipinski definition) is 5. The van der Waals surface area contributed by atoms with Crippen LogP contribution in [0.2, 0.25) is 0 Å². The van der Waals surface area contributed by atoms with Gasteiger partial charge in [-0.2, -0.15) is 5.26 Å². The molecule has 1 aromatic heterocycles. The molecular formula is C27H29N3O2S. The Bertz CT molecular complexity index is 1190. The van der Waals surface area contributed by atoms with Gasteiger partial charge in [-0.1, -0.05) is 18.2 Å². The van der Waals surface area contributed by atoms with E-state index in [-0.39, 0.29) is 11.5 Å². The summed E-state index contributed by atoms with van der Waals surface area (Å²) in [6, 6.07) is 19.3. The quantitative estimate of drug-likeness (QED) is 0.270. The Labute approximate surface area is 199 Å². The number of hydrogen-bond donors (Lipinski definition) is 1. The Morgan fingerprint density at radius 3 is 2.70 bits per heavy atom. The van der Waals surface area contributed by atoms with Crippen LogP contribution in [0.4, 0.5) is 5.69 Å². The van der Waals surface area contributed by atoms with E-state index in [4.69, 9.17) is 4.74 Å². The maximum Gasteiger partial charge on any atom is 0.261 e. The summed E-state index contributed by atoms with van der Waals surface area (Å²) < 4.78 is 4.98. The second-order valence-electron chi connectivity index (χ2n) is 8.27. The third-order valence-electron chi connectivity index (χ3n) is 5.92. The van der Waals surface area contributed by atoms with E-state index in [1.165, 1.54) is 35.7 Å². The molecule has 0 spiro atoms. The number of nitrogens with one attached hydrogen (secondary N) is 1. The molecule has 3 aromatic rings. The standard InChI is InChI=1S/C27H29N3O2S/c1-32-15-5-12-29-27(31)23(19-28)18-25-10-11-26(33-25)22-7-6-21-17-24(9-8-20(21)16-22)30-13-3-2-4-14-30/h6-11,16-18H,2-5,12-15H2,1H3,(H,29,31)/b23-18+. The molecule has 1 amide bonds. The lowest BCUT2D eigenvalue weighted by Crippen LogP contribution is -2.29. The highest BCUT2D eigenvalue weighted by molar-refractivity contribution is 7.16. The number of benzene rings is 2. The molecule has 6 heteroatoms. The molecule has 170 valence electrons. The van der Waals surface area contributed by atoms with Crippen LogP contribution in [0.3, 0.4) is 0 Å². The van der Waals surface area contributed by atoms with Gasteiger partial charge in [0.15, 0.2) is 0 Å². The van der Waals surface area contributed by atoms with Crippen molar-refractivity contribution in [3.05, 3.63) is 59.0 Å². The van der Waals surface area contributed by atoms with Gasteiger partial charge >= 0.3 is 0 Å². The van der Waals surface area contributed by atoms with Crippen molar-refractivity contribution in [3.63, 3.8) is 0 Å². The number of nitriles is 1. The number of thiophene rings is 1. The van der Waals surface area contributed by atoms with Crippen LogP contribution in [0.15, 0.2) is 54.1 Å². The predicted molar refractivity (Wildman–Crippen MR) is 136 cm³/mol. The number of nitrogens with zero attached hydrogens (tertiary/aromatic N) is 2. The van der Waals surface area contributed by atoms with Crippen LogP contribution in [-0.2, 0) is 9.53 Å². The SMILES string of the molecule is COCCCNC(=O)/C(C#N)=C/c1ccc(-c2ccc3cc(N4CCCCC4)ccc3c2)s1. The number of methoxy groups -OCH3 is 1.